The second kappa shape index (κ2) is 7.96. The molecule has 0 fully saturated rings. The van der Waals surface area contributed by atoms with Gasteiger partial charge in [-0.25, -0.2) is 22.2 Å². The SMILES string of the molecule is CS(=O)(=O)NC(=O)c1cc(Cl)c(-n2nc(Cl)c3cc(-c4ccccc4)ccc32)cc1F. The summed E-state index contributed by atoms with van der Waals surface area (Å²) in [6, 6.07) is 17.3. The van der Waals surface area contributed by atoms with Crippen molar-refractivity contribution in [2.24, 2.45) is 0 Å². The molecule has 0 aliphatic heterocycles. The van der Waals surface area contributed by atoms with Gasteiger partial charge in [0, 0.05) is 11.5 Å². The lowest BCUT2D eigenvalue weighted by Gasteiger charge is -2.10. The highest BCUT2D eigenvalue weighted by Crippen LogP contribution is 2.33. The molecule has 0 aliphatic rings. The van der Waals surface area contributed by atoms with Crippen LogP contribution in [0, 0.1) is 5.82 Å². The van der Waals surface area contributed by atoms with Gasteiger partial charge in [-0.1, -0.05) is 59.6 Å². The zero-order chi connectivity index (χ0) is 22.3. The average molecular weight is 478 g/mol. The molecule has 0 spiro atoms. The Morgan fingerprint density at radius 2 is 1.74 bits per heavy atom. The number of sulfonamides is 1. The molecule has 4 aromatic rings. The van der Waals surface area contributed by atoms with E-state index in [-0.39, 0.29) is 15.9 Å². The van der Waals surface area contributed by atoms with E-state index >= 15 is 0 Å². The lowest BCUT2D eigenvalue weighted by atomic mass is 10.0. The highest BCUT2D eigenvalue weighted by molar-refractivity contribution is 7.89. The molecule has 0 bridgehead atoms. The second-order valence-corrected chi connectivity index (χ2v) is 9.30. The number of hydrogen-bond donors (Lipinski definition) is 1. The molecular formula is C21H14Cl2FN3O3S. The molecule has 158 valence electrons. The number of amides is 1. The van der Waals surface area contributed by atoms with Crippen LogP contribution in [-0.4, -0.2) is 30.4 Å². The molecule has 1 N–H and O–H groups in total. The van der Waals surface area contributed by atoms with Gasteiger partial charge in [0.05, 0.1) is 28.0 Å². The molecule has 3 aromatic carbocycles. The minimum atomic E-state index is -3.86. The summed E-state index contributed by atoms with van der Waals surface area (Å²) in [7, 11) is -3.86. The number of carbonyl (C=O) groups excluding carboxylic acids is 1. The van der Waals surface area contributed by atoms with Crippen molar-refractivity contribution in [3.63, 3.8) is 0 Å². The third-order valence-electron chi connectivity index (χ3n) is 4.53. The Morgan fingerprint density at radius 1 is 1.03 bits per heavy atom. The van der Waals surface area contributed by atoms with Crippen LogP contribution in [0.15, 0.2) is 60.7 Å². The van der Waals surface area contributed by atoms with Crippen LogP contribution in [0.5, 0.6) is 0 Å². The van der Waals surface area contributed by atoms with Crippen molar-refractivity contribution >= 4 is 50.0 Å². The summed E-state index contributed by atoms with van der Waals surface area (Å²) in [5.74, 6) is -2.08. The fourth-order valence-corrected chi connectivity index (χ4v) is 4.09. The summed E-state index contributed by atoms with van der Waals surface area (Å²) < 4.78 is 40.3. The number of hydrogen-bond acceptors (Lipinski definition) is 4. The van der Waals surface area contributed by atoms with Gasteiger partial charge in [-0.3, -0.25) is 4.79 Å². The van der Waals surface area contributed by atoms with Crippen LogP contribution in [-0.2, 0) is 10.0 Å². The van der Waals surface area contributed by atoms with E-state index in [2.05, 4.69) is 5.10 Å². The van der Waals surface area contributed by atoms with Gasteiger partial charge in [-0.2, -0.15) is 5.10 Å². The number of nitrogens with one attached hydrogen (secondary N) is 1. The van der Waals surface area contributed by atoms with Gasteiger partial charge >= 0.3 is 0 Å². The summed E-state index contributed by atoms with van der Waals surface area (Å²) in [6.45, 7) is 0. The molecule has 0 radical (unpaired) electrons. The summed E-state index contributed by atoms with van der Waals surface area (Å²) >= 11 is 12.6. The fourth-order valence-electron chi connectivity index (χ4n) is 3.17. The van der Waals surface area contributed by atoms with E-state index in [1.165, 1.54) is 4.68 Å². The molecule has 6 nitrogen and oxygen atoms in total. The van der Waals surface area contributed by atoms with Crippen LogP contribution >= 0.6 is 23.2 Å². The standard InChI is InChI=1S/C21H14Cl2FN3O3S/c1-31(29,30)26-21(28)14-10-16(22)19(11-17(14)24)27-18-8-7-13(9-15(18)20(23)25-27)12-5-3-2-4-6-12/h2-11H,1H3,(H,26,28). The predicted octanol–water partition coefficient (Wildman–Crippen LogP) is 4.83. The largest absolute Gasteiger partial charge is 0.268 e. The van der Waals surface area contributed by atoms with Gasteiger partial charge in [0.2, 0.25) is 10.0 Å². The summed E-state index contributed by atoms with van der Waals surface area (Å²) in [6.07, 6.45) is 0.792. The lowest BCUT2D eigenvalue weighted by molar-refractivity contribution is 0.0978. The van der Waals surface area contributed by atoms with E-state index in [0.29, 0.717) is 10.9 Å². The van der Waals surface area contributed by atoms with Crippen LogP contribution in [0.3, 0.4) is 0 Å². The van der Waals surface area contributed by atoms with Crippen LogP contribution in [0.2, 0.25) is 10.2 Å². The molecule has 31 heavy (non-hydrogen) atoms. The van der Waals surface area contributed by atoms with E-state index < -0.39 is 27.3 Å². The Bertz CT molecular complexity index is 1440. The van der Waals surface area contributed by atoms with Gasteiger partial charge in [-0.15, -0.1) is 0 Å². The van der Waals surface area contributed by atoms with Gasteiger partial charge in [0.25, 0.3) is 5.91 Å². The third kappa shape index (κ3) is 4.27. The first-order valence-corrected chi connectivity index (χ1v) is 11.5. The molecule has 0 saturated carbocycles. The first-order chi connectivity index (χ1) is 14.6. The van der Waals surface area contributed by atoms with E-state index in [4.69, 9.17) is 23.2 Å². The van der Waals surface area contributed by atoms with E-state index in [9.17, 15) is 17.6 Å². The highest BCUT2D eigenvalue weighted by Gasteiger charge is 2.21. The molecule has 10 heteroatoms. The van der Waals surface area contributed by atoms with E-state index in [1.807, 2.05) is 42.5 Å². The number of carbonyl (C=O) groups is 1. The second-order valence-electron chi connectivity index (χ2n) is 6.79. The molecule has 0 aliphatic carbocycles. The van der Waals surface area contributed by atoms with Crippen molar-refractivity contribution in [1.82, 2.24) is 14.5 Å². The Labute approximate surface area is 187 Å². The van der Waals surface area contributed by atoms with E-state index in [0.717, 1.165) is 29.5 Å². The Balaban J connectivity index is 1.80. The summed E-state index contributed by atoms with van der Waals surface area (Å²) in [4.78, 5) is 12.0. The molecule has 1 heterocycles. The zero-order valence-electron chi connectivity index (χ0n) is 15.9. The molecule has 0 saturated heterocycles. The maximum atomic E-state index is 14.6. The van der Waals surface area contributed by atoms with Crippen molar-refractivity contribution in [3.05, 3.63) is 82.2 Å². The normalized spacial score (nSPS) is 11.6. The van der Waals surface area contributed by atoms with Crippen molar-refractivity contribution < 1.29 is 17.6 Å². The zero-order valence-corrected chi connectivity index (χ0v) is 18.3. The number of nitrogens with zero attached hydrogens (tertiary/aromatic N) is 2. The minimum Gasteiger partial charge on any atom is -0.268 e. The monoisotopic (exact) mass is 477 g/mol. The Hall–Kier alpha value is -2.94. The van der Waals surface area contributed by atoms with Crippen molar-refractivity contribution in [2.45, 2.75) is 0 Å². The predicted molar refractivity (Wildman–Crippen MR) is 119 cm³/mol. The molecule has 1 amide bonds. The summed E-state index contributed by atoms with van der Waals surface area (Å²) in [5.41, 5.74) is 2.16. The molecular weight excluding hydrogens is 464 g/mol. The number of fused-ring (bicyclic) bond motifs is 1. The number of halogens is 3. The molecule has 1 aromatic heterocycles. The topological polar surface area (TPSA) is 81.1 Å². The maximum absolute atomic E-state index is 14.6. The van der Waals surface area contributed by atoms with Crippen LogP contribution in [0.25, 0.3) is 27.7 Å². The van der Waals surface area contributed by atoms with Gasteiger partial charge < -0.3 is 0 Å². The minimum absolute atomic E-state index is 0.00625. The van der Waals surface area contributed by atoms with Crippen LogP contribution < -0.4 is 4.72 Å². The number of aromatic nitrogens is 2. The van der Waals surface area contributed by atoms with Gasteiger partial charge in [0.1, 0.15) is 5.82 Å². The van der Waals surface area contributed by atoms with Crippen molar-refractivity contribution in [2.75, 3.05) is 6.26 Å². The van der Waals surface area contributed by atoms with Crippen molar-refractivity contribution in [3.8, 4) is 16.8 Å². The molecule has 0 unspecified atom stereocenters. The number of rotatable bonds is 4. The van der Waals surface area contributed by atoms with Gasteiger partial charge in [-0.05, 0) is 29.3 Å². The fraction of sp³-hybridized carbons (Fsp3) is 0.0476. The quantitative estimate of drug-likeness (QED) is 0.456. The van der Waals surface area contributed by atoms with Gasteiger partial charge in [0.15, 0.2) is 5.15 Å². The molecule has 0 atom stereocenters. The summed E-state index contributed by atoms with van der Waals surface area (Å²) in [5, 5.41) is 5.09. The van der Waals surface area contributed by atoms with Crippen LogP contribution in [0.4, 0.5) is 4.39 Å². The Kier molecular flexibility index (Phi) is 5.47. The first-order valence-electron chi connectivity index (χ1n) is 8.89. The van der Waals surface area contributed by atoms with Crippen LogP contribution in [0.1, 0.15) is 10.4 Å². The smallest absolute Gasteiger partial charge is 0.267 e. The maximum Gasteiger partial charge on any atom is 0.267 e. The van der Waals surface area contributed by atoms with E-state index in [1.54, 1.807) is 10.8 Å². The Morgan fingerprint density at radius 3 is 2.42 bits per heavy atom. The average Bonchev–Trinajstić information content (AvgIpc) is 3.04. The highest BCUT2D eigenvalue weighted by atomic mass is 35.5. The van der Waals surface area contributed by atoms with Crippen molar-refractivity contribution in [1.29, 1.82) is 0 Å². The first kappa shape index (κ1) is 21.3. The molecule has 4 rings (SSSR count). The third-order valence-corrected chi connectivity index (χ3v) is 5.67. The lowest BCUT2D eigenvalue weighted by Crippen LogP contribution is -2.30. The number of benzene rings is 3.